The third kappa shape index (κ3) is 3.58. The van der Waals surface area contributed by atoms with E-state index in [9.17, 15) is 14.7 Å². The molecule has 2 unspecified atom stereocenters. The number of carboxylic acids is 1. The molecule has 0 amide bonds. The maximum Gasteiger partial charge on any atom is 0.317 e. The maximum atomic E-state index is 12.4. The number of hydrogen-bond donors (Lipinski definition) is 1. The summed E-state index contributed by atoms with van der Waals surface area (Å²) in [5.74, 6) is -1.85. The van der Waals surface area contributed by atoms with Gasteiger partial charge in [-0.05, 0) is 39.5 Å². The first-order valence-corrected chi connectivity index (χ1v) is 6.72. The minimum Gasteiger partial charge on any atom is -0.481 e. The van der Waals surface area contributed by atoms with Crippen LogP contribution in [-0.2, 0) is 14.3 Å². The molecule has 0 aromatic heterocycles. The number of rotatable bonds is 5. The average Bonchev–Trinajstić information content (AvgIpc) is 2.10. The van der Waals surface area contributed by atoms with Crippen LogP contribution in [0.3, 0.4) is 0 Å². The lowest BCUT2D eigenvalue weighted by atomic mass is 9.64. The summed E-state index contributed by atoms with van der Waals surface area (Å²) < 4.78 is 5.40. The molecule has 0 spiro atoms. The van der Waals surface area contributed by atoms with Crippen LogP contribution < -0.4 is 0 Å². The molecular formula is C15H24O4. The molecule has 1 rings (SSSR count). The van der Waals surface area contributed by atoms with E-state index in [1.54, 1.807) is 26.8 Å². The lowest BCUT2D eigenvalue weighted by Crippen LogP contribution is -2.47. The number of carbonyl (C=O) groups excluding carboxylic acids is 1. The summed E-state index contributed by atoms with van der Waals surface area (Å²) in [4.78, 5) is 23.9. The Morgan fingerprint density at radius 3 is 2.16 bits per heavy atom. The summed E-state index contributed by atoms with van der Waals surface area (Å²) in [6, 6.07) is 0. The zero-order chi connectivity index (χ0) is 14.8. The maximum absolute atomic E-state index is 12.4. The molecular weight excluding hydrogens is 244 g/mol. The molecule has 0 radical (unpaired) electrons. The van der Waals surface area contributed by atoms with E-state index in [1.807, 2.05) is 19.9 Å². The van der Waals surface area contributed by atoms with Gasteiger partial charge in [-0.1, -0.05) is 26.0 Å². The molecule has 108 valence electrons. The molecule has 4 heteroatoms. The topological polar surface area (TPSA) is 63.6 Å². The Morgan fingerprint density at radius 2 is 1.89 bits per heavy atom. The summed E-state index contributed by atoms with van der Waals surface area (Å²) in [7, 11) is 0. The van der Waals surface area contributed by atoms with Crippen LogP contribution in [0, 0.1) is 17.3 Å². The summed E-state index contributed by atoms with van der Waals surface area (Å²) in [5, 5.41) is 9.43. The molecule has 0 bridgehead atoms. The summed E-state index contributed by atoms with van der Waals surface area (Å²) in [6.07, 6.45) is 4.45. The van der Waals surface area contributed by atoms with Crippen molar-refractivity contribution >= 4 is 11.9 Å². The third-order valence-electron chi connectivity index (χ3n) is 3.28. The highest BCUT2D eigenvalue weighted by Gasteiger charge is 2.52. The van der Waals surface area contributed by atoms with E-state index < -0.39 is 28.9 Å². The van der Waals surface area contributed by atoms with Crippen molar-refractivity contribution < 1.29 is 19.4 Å². The first-order valence-electron chi connectivity index (χ1n) is 6.72. The molecule has 4 nitrogen and oxygen atoms in total. The fourth-order valence-electron chi connectivity index (χ4n) is 2.30. The van der Waals surface area contributed by atoms with Gasteiger partial charge in [-0.3, -0.25) is 9.59 Å². The van der Waals surface area contributed by atoms with Crippen molar-refractivity contribution in [3.63, 3.8) is 0 Å². The van der Waals surface area contributed by atoms with Gasteiger partial charge in [0.25, 0.3) is 0 Å². The molecule has 0 aromatic rings. The predicted octanol–water partition coefficient (Wildman–Crippen LogP) is 3.02. The van der Waals surface area contributed by atoms with Gasteiger partial charge in [0.05, 0.1) is 5.92 Å². The molecule has 0 fully saturated rings. The largest absolute Gasteiger partial charge is 0.481 e. The number of ether oxygens (including phenoxy) is 1. The zero-order valence-electron chi connectivity index (χ0n) is 12.4. The van der Waals surface area contributed by atoms with Gasteiger partial charge in [0, 0.05) is 0 Å². The third-order valence-corrected chi connectivity index (χ3v) is 3.28. The van der Waals surface area contributed by atoms with Gasteiger partial charge in [-0.25, -0.2) is 0 Å². The van der Waals surface area contributed by atoms with Crippen LogP contribution in [0.4, 0.5) is 0 Å². The molecule has 1 N–H and O–H groups in total. The van der Waals surface area contributed by atoms with E-state index >= 15 is 0 Å². The Morgan fingerprint density at radius 1 is 1.37 bits per heavy atom. The van der Waals surface area contributed by atoms with Crippen LogP contribution in [0.1, 0.15) is 47.5 Å². The van der Waals surface area contributed by atoms with Gasteiger partial charge in [-0.15, -0.1) is 0 Å². The van der Waals surface area contributed by atoms with Crippen molar-refractivity contribution in [3.8, 4) is 0 Å². The van der Waals surface area contributed by atoms with Crippen molar-refractivity contribution in [2.45, 2.75) is 53.1 Å². The lowest BCUT2D eigenvalue weighted by molar-refractivity contribution is -0.174. The molecule has 19 heavy (non-hydrogen) atoms. The van der Waals surface area contributed by atoms with E-state index in [2.05, 4.69) is 0 Å². The molecule has 0 heterocycles. The number of carbonyl (C=O) groups is 2. The molecule has 0 saturated carbocycles. The van der Waals surface area contributed by atoms with Gasteiger partial charge in [0.15, 0.2) is 0 Å². The highest BCUT2D eigenvalue weighted by atomic mass is 16.6. The standard InChI is InChI=1S/C15H24O4/c1-10(2)9-11(12(16)17)15(7-6-8-15)13(18)19-14(3,4)5/h6-7,10-11H,8-9H2,1-5H3,(H,16,17). The zero-order valence-corrected chi connectivity index (χ0v) is 12.4. The van der Waals surface area contributed by atoms with Crippen molar-refractivity contribution in [2.75, 3.05) is 0 Å². The van der Waals surface area contributed by atoms with Crippen LogP contribution in [0.15, 0.2) is 12.2 Å². The minimum atomic E-state index is -0.983. The number of allylic oxidation sites excluding steroid dienone is 1. The van der Waals surface area contributed by atoms with Crippen LogP contribution >= 0.6 is 0 Å². The van der Waals surface area contributed by atoms with Crippen molar-refractivity contribution in [2.24, 2.45) is 17.3 Å². The van der Waals surface area contributed by atoms with E-state index in [-0.39, 0.29) is 5.92 Å². The first kappa shape index (κ1) is 15.7. The van der Waals surface area contributed by atoms with Crippen LogP contribution in [0.5, 0.6) is 0 Å². The fourth-order valence-corrected chi connectivity index (χ4v) is 2.30. The number of hydrogen-bond acceptors (Lipinski definition) is 3. The molecule has 0 aromatic carbocycles. The molecule has 1 aliphatic rings. The summed E-state index contributed by atoms with van der Waals surface area (Å²) >= 11 is 0. The summed E-state index contributed by atoms with van der Waals surface area (Å²) in [6.45, 7) is 9.29. The van der Waals surface area contributed by atoms with Gasteiger partial charge in [0.1, 0.15) is 11.0 Å². The number of esters is 1. The molecule has 2 atom stereocenters. The SMILES string of the molecule is CC(C)CC(C(=O)O)C1(C(=O)OC(C)(C)C)C=CC1. The number of aliphatic carboxylic acids is 1. The van der Waals surface area contributed by atoms with Gasteiger partial charge in [-0.2, -0.15) is 0 Å². The fraction of sp³-hybridized carbons (Fsp3) is 0.733. The second kappa shape index (κ2) is 5.35. The normalized spacial score (nSPS) is 23.9. The van der Waals surface area contributed by atoms with E-state index in [4.69, 9.17) is 4.74 Å². The molecule has 0 aliphatic heterocycles. The van der Waals surface area contributed by atoms with E-state index in [0.29, 0.717) is 12.8 Å². The Labute approximate surface area is 114 Å². The Hall–Kier alpha value is -1.32. The molecule has 1 aliphatic carbocycles. The lowest BCUT2D eigenvalue weighted by Gasteiger charge is -2.40. The van der Waals surface area contributed by atoms with Gasteiger partial charge >= 0.3 is 11.9 Å². The molecule has 0 saturated heterocycles. The van der Waals surface area contributed by atoms with Crippen LogP contribution in [0.25, 0.3) is 0 Å². The van der Waals surface area contributed by atoms with Crippen molar-refractivity contribution in [3.05, 3.63) is 12.2 Å². The first-order chi connectivity index (χ1) is 8.58. The highest BCUT2D eigenvalue weighted by Crippen LogP contribution is 2.45. The Balaban J connectivity index is 2.98. The van der Waals surface area contributed by atoms with E-state index in [0.717, 1.165) is 0 Å². The van der Waals surface area contributed by atoms with E-state index in [1.165, 1.54) is 0 Å². The Bertz CT molecular complexity index is 389. The monoisotopic (exact) mass is 268 g/mol. The second-order valence-corrected chi connectivity index (χ2v) is 6.67. The second-order valence-electron chi connectivity index (χ2n) is 6.67. The summed E-state index contributed by atoms with van der Waals surface area (Å²) in [5.41, 5.74) is -1.59. The highest BCUT2D eigenvalue weighted by molar-refractivity contribution is 5.88. The van der Waals surface area contributed by atoms with Crippen LogP contribution in [0.2, 0.25) is 0 Å². The Kier molecular flexibility index (Phi) is 4.43. The van der Waals surface area contributed by atoms with Gasteiger partial charge in [0.2, 0.25) is 0 Å². The number of carboxylic acid groups (broad SMARTS) is 1. The van der Waals surface area contributed by atoms with Crippen molar-refractivity contribution in [1.29, 1.82) is 0 Å². The quantitative estimate of drug-likeness (QED) is 0.615. The predicted molar refractivity (Wildman–Crippen MR) is 72.6 cm³/mol. The van der Waals surface area contributed by atoms with Crippen LogP contribution in [-0.4, -0.2) is 22.6 Å². The van der Waals surface area contributed by atoms with Gasteiger partial charge < -0.3 is 9.84 Å². The average molecular weight is 268 g/mol. The van der Waals surface area contributed by atoms with Crippen molar-refractivity contribution in [1.82, 2.24) is 0 Å². The minimum absolute atomic E-state index is 0.217. The smallest absolute Gasteiger partial charge is 0.317 e.